The van der Waals surface area contributed by atoms with E-state index in [0.717, 1.165) is 24.2 Å². The van der Waals surface area contributed by atoms with Crippen molar-refractivity contribution in [1.82, 2.24) is 10.2 Å². The number of benzene rings is 1. The van der Waals surface area contributed by atoms with Gasteiger partial charge in [0.15, 0.2) is 0 Å². The highest BCUT2D eigenvalue weighted by Crippen LogP contribution is 2.39. The minimum atomic E-state index is 0.0625. The predicted molar refractivity (Wildman–Crippen MR) is 70.2 cm³/mol. The van der Waals surface area contributed by atoms with Crippen molar-refractivity contribution in [1.29, 1.82) is 5.26 Å². The van der Waals surface area contributed by atoms with Crippen LogP contribution in [0.4, 0.5) is 0 Å². The van der Waals surface area contributed by atoms with Crippen LogP contribution < -0.4 is 0 Å². The van der Waals surface area contributed by atoms with Crippen molar-refractivity contribution in [2.75, 3.05) is 0 Å². The van der Waals surface area contributed by atoms with Crippen LogP contribution >= 0.6 is 0 Å². The lowest BCUT2D eigenvalue weighted by Gasteiger charge is -2.09. The van der Waals surface area contributed by atoms with Crippen LogP contribution in [0.1, 0.15) is 34.9 Å². The Kier molecular flexibility index (Phi) is 2.45. The highest BCUT2D eigenvalue weighted by Gasteiger charge is 2.25. The van der Waals surface area contributed by atoms with E-state index in [4.69, 9.17) is 0 Å². The molecule has 90 valence electrons. The van der Waals surface area contributed by atoms with Gasteiger partial charge < -0.3 is 0 Å². The van der Waals surface area contributed by atoms with Gasteiger partial charge in [-0.25, -0.2) is 0 Å². The minimum Gasteiger partial charge on any atom is -0.282 e. The van der Waals surface area contributed by atoms with E-state index < -0.39 is 0 Å². The fourth-order valence-corrected chi connectivity index (χ4v) is 2.97. The van der Waals surface area contributed by atoms with E-state index in [9.17, 15) is 5.26 Å². The molecule has 3 heteroatoms. The number of aromatic amines is 1. The van der Waals surface area contributed by atoms with E-state index >= 15 is 0 Å². The minimum absolute atomic E-state index is 0.0625. The van der Waals surface area contributed by atoms with Crippen molar-refractivity contribution in [3.63, 3.8) is 0 Å². The summed E-state index contributed by atoms with van der Waals surface area (Å²) in [6.07, 6.45) is 1.94. The van der Waals surface area contributed by atoms with Gasteiger partial charge in [0.2, 0.25) is 0 Å². The number of H-pyrrole nitrogens is 1. The summed E-state index contributed by atoms with van der Waals surface area (Å²) < 4.78 is 0. The lowest BCUT2D eigenvalue weighted by Crippen LogP contribution is -1.92. The lowest BCUT2D eigenvalue weighted by atomic mass is 9.94. The second-order valence-corrected chi connectivity index (χ2v) is 4.90. The summed E-state index contributed by atoms with van der Waals surface area (Å²) in [6.45, 7) is 4.07. The molecule has 0 aliphatic heterocycles. The molecule has 1 aliphatic carbocycles. The second kappa shape index (κ2) is 3.99. The normalized spacial score (nSPS) is 17.5. The Morgan fingerprint density at radius 2 is 2.22 bits per heavy atom. The molecule has 0 saturated carbocycles. The maximum Gasteiger partial charge on any atom is 0.0718 e. The summed E-state index contributed by atoms with van der Waals surface area (Å²) in [7, 11) is 0. The molecule has 0 fully saturated rings. The van der Waals surface area contributed by atoms with E-state index in [0.29, 0.717) is 0 Å². The molecule has 0 spiro atoms. The van der Waals surface area contributed by atoms with Gasteiger partial charge in [-0.05, 0) is 43.4 Å². The van der Waals surface area contributed by atoms with Crippen molar-refractivity contribution < 1.29 is 0 Å². The average molecular weight is 237 g/mol. The van der Waals surface area contributed by atoms with E-state index in [1.54, 1.807) is 0 Å². The van der Waals surface area contributed by atoms with E-state index in [1.165, 1.54) is 22.3 Å². The molecule has 1 aromatic carbocycles. The molecule has 0 radical (unpaired) electrons. The molecule has 3 nitrogen and oxygen atoms in total. The van der Waals surface area contributed by atoms with E-state index in [2.05, 4.69) is 34.5 Å². The summed E-state index contributed by atoms with van der Waals surface area (Å²) in [6, 6.07) is 8.68. The van der Waals surface area contributed by atoms with Crippen LogP contribution in [0.3, 0.4) is 0 Å². The Bertz CT molecular complexity index is 627. The maximum absolute atomic E-state index is 9.17. The molecule has 1 aliphatic rings. The molecule has 0 amide bonds. The zero-order valence-corrected chi connectivity index (χ0v) is 10.6. The largest absolute Gasteiger partial charge is 0.282 e. The van der Waals surface area contributed by atoms with Gasteiger partial charge in [-0.2, -0.15) is 10.4 Å². The number of hydrogen-bond donors (Lipinski definition) is 1. The first kappa shape index (κ1) is 11.0. The van der Waals surface area contributed by atoms with Crippen molar-refractivity contribution in [2.24, 2.45) is 0 Å². The standard InChI is InChI=1S/C15H15N3/c1-9-15(10(2)18-17-9)14-5-3-4-12-11(8-16)6-7-13(12)14/h3-5,11H,6-7H2,1-2H3,(H,17,18). The van der Waals surface area contributed by atoms with Crippen molar-refractivity contribution in [2.45, 2.75) is 32.6 Å². The molecule has 1 aromatic heterocycles. The van der Waals surface area contributed by atoms with Gasteiger partial charge in [0.05, 0.1) is 17.7 Å². The summed E-state index contributed by atoms with van der Waals surface area (Å²) in [5, 5.41) is 16.5. The fraction of sp³-hybridized carbons (Fsp3) is 0.333. The number of hydrogen-bond acceptors (Lipinski definition) is 2. The van der Waals surface area contributed by atoms with Crippen LogP contribution in [0.5, 0.6) is 0 Å². The van der Waals surface area contributed by atoms with Crippen LogP contribution in [0, 0.1) is 25.2 Å². The maximum atomic E-state index is 9.17. The first-order chi connectivity index (χ1) is 8.72. The number of nitrogens with one attached hydrogen (secondary N) is 1. The molecule has 0 saturated heterocycles. The topological polar surface area (TPSA) is 52.5 Å². The molecule has 3 rings (SSSR count). The first-order valence-electron chi connectivity index (χ1n) is 6.25. The molecule has 1 N–H and O–H groups in total. The average Bonchev–Trinajstić information content (AvgIpc) is 2.93. The molecule has 1 heterocycles. The molecule has 2 aromatic rings. The Labute approximate surface area is 106 Å². The second-order valence-electron chi connectivity index (χ2n) is 4.90. The van der Waals surface area contributed by atoms with Crippen LogP contribution in [0.15, 0.2) is 18.2 Å². The lowest BCUT2D eigenvalue weighted by molar-refractivity contribution is 0.826. The van der Waals surface area contributed by atoms with Gasteiger partial charge in [0.1, 0.15) is 0 Å². The number of rotatable bonds is 1. The Hall–Kier alpha value is -2.08. The summed E-state index contributed by atoms with van der Waals surface area (Å²) in [5.74, 6) is 0.0625. The highest BCUT2D eigenvalue weighted by molar-refractivity contribution is 5.74. The number of aromatic nitrogens is 2. The SMILES string of the molecule is Cc1n[nH]c(C)c1-c1cccc2c1CCC2C#N. The zero-order chi connectivity index (χ0) is 12.7. The van der Waals surface area contributed by atoms with Crippen LogP contribution in [-0.2, 0) is 6.42 Å². The third-order valence-electron chi connectivity index (χ3n) is 3.82. The number of nitrogens with zero attached hydrogens (tertiary/aromatic N) is 2. The molecular weight excluding hydrogens is 222 g/mol. The summed E-state index contributed by atoms with van der Waals surface area (Å²) in [5.41, 5.74) is 7.11. The number of nitriles is 1. The predicted octanol–water partition coefficient (Wildman–Crippen LogP) is 3.25. The van der Waals surface area contributed by atoms with Gasteiger partial charge in [-0.1, -0.05) is 18.2 Å². The Balaban J connectivity index is 2.22. The van der Waals surface area contributed by atoms with Crippen molar-refractivity contribution in [3.8, 4) is 17.2 Å². The third-order valence-corrected chi connectivity index (χ3v) is 3.82. The number of fused-ring (bicyclic) bond motifs is 1. The van der Waals surface area contributed by atoms with E-state index in [-0.39, 0.29) is 5.92 Å². The Morgan fingerprint density at radius 1 is 1.39 bits per heavy atom. The molecule has 1 unspecified atom stereocenters. The number of aryl methyl sites for hydroxylation is 2. The molecule has 0 bridgehead atoms. The van der Waals surface area contributed by atoms with Crippen molar-refractivity contribution >= 4 is 0 Å². The molecule has 18 heavy (non-hydrogen) atoms. The summed E-state index contributed by atoms with van der Waals surface area (Å²) in [4.78, 5) is 0. The van der Waals surface area contributed by atoms with Gasteiger partial charge in [0, 0.05) is 11.3 Å². The molecular formula is C15H15N3. The van der Waals surface area contributed by atoms with Gasteiger partial charge >= 0.3 is 0 Å². The fourth-order valence-electron chi connectivity index (χ4n) is 2.97. The third kappa shape index (κ3) is 1.46. The van der Waals surface area contributed by atoms with Crippen LogP contribution in [0.2, 0.25) is 0 Å². The Morgan fingerprint density at radius 3 is 2.89 bits per heavy atom. The van der Waals surface area contributed by atoms with Gasteiger partial charge in [-0.3, -0.25) is 5.10 Å². The monoisotopic (exact) mass is 237 g/mol. The van der Waals surface area contributed by atoms with Crippen LogP contribution in [0.25, 0.3) is 11.1 Å². The first-order valence-corrected chi connectivity index (χ1v) is 6.25. The summed E-state index contributed by atoms with van der Waals surface area (Å²) >= 11 is 0. The van der Waals surface area contributed by atoms with Crippen molar-refractivity contribution in [3.05, 3.63) is 40.7 Å². The van der Waals surface area contributed by atoms with Gasteiger partial charge in [-0.15, -0.1) is 0 Å². The quantitative estimate of drug-likeness (QED) is 0.827. The zero-order valence-electron chi connectivity index (χ0n) is 10.6. The van der Waals surface area contributed by atoms with Crippen LogP contribution in [-0.4, -0.2) is 10.2 Å². The molecule has 1 atom stereocenters. The smallest absolute Gasteiger partial charge is 0.0718 e. The highest BCUT2D eigenvalue weighted by atomic mass is 15.1. The van der Waals surface area contributed by atoms with Gasteiger partial charge in [0.25, 0.3) is 0 Å². The van der Waals surface area contributed by atoms with E-state index in [1.807, 2.05) is 13.8 Å².